The quantitative estimate of drug-likeness (QED) is 0.232. The van der Waals surface area contributed by atoms with Crippen LogP contribution in [0, 0.1) is 6.92 Å². The van der Waals surface area contributed by atoms with Crippen LogP contribution in [0.25, 0.3) is 0 Å². The predicted octanol–water partition coefficient (Wildman–Crippen LogP) is 7.42. The van der Waals surface area contributed by atoms with Crippen LogP contribution < -0.4 is 26.2 Å². The van der Waals surface area contributed by atoms with E-state index in [2.05, 4.69) is 139 Å². The van der Waals surface area contributed by atoms with Gasteiger partial charge in [-0.3, -0.25) is 0 Å². The highest BCUT2D eigenvalue weighted by atomic mass is 15.2. The fourth-order valence-electron chi connectivity index (χ4n) is 6.36. The molecule has 5 aromatic carbocycles. The summed E-state index contributed by atoms with van der Waals surface area (Å²) in [7, 11) is 0. The molecule has 0 N–H and O–H groups in total. The maximum atomic E-state index is 2.48. The van der Waals surface area contributed by atoms with Gasteiger partial charge in [-0.25, -0.2) is 0 Å². The predicted molar refractivity (Wildman–Crippen MR) is 164 cm³/mol. The molecule has 0 radical (unpaired) electrons. The minimum atomic E-state index is 0.188. The Balaban J connectivity index is 1.50. The van der Waals surface area contributed by atoms with E-state index < -0.39 is 0 Å². The van der Waals surface area contributed by atoms with Gasteiger partial charge in [-0.15, -0.1) is 0 Å². The molecule has 184 valence electrons. The third kappa shape index (κ3) is 3.57. The third-order valence-corrected chi connectivity index (χ3v) is 8.06. The molecule has 2 aliphatic heterocycles. The molecule has 5 aromatic rings. The number of benzene rings is 5. The summed E-state index contributed by atoms with van der Waals surface area (Å²) in [5.41, 5.74) is 14.3. The molecule has 2 heterocycles. The lowest BCUT2D eigenvalue weighted by atomic mass is 9.33. The summed E-state index contributed by atoms with van der Waals surface area (Å²) in [5, 5.41) is 0. The molecule has 0 saturated carbocycles. The van der Waals surface area contributed by atoms with E-state index in [0.717, 1.165) is 6.42 Å². The standard InChI is InChI=1S/C35H31BN2/c1-3-4-12-26-19-21-28(22-20-26)38-32-18-11-9-16-30(32)36-29-15-8-10-17-31(29)37(27-13-6-5-7-14-27)33-23-25(2)24-34(38)35(33)36/h5-11,13-24H,3-4,12H2,1-2H3. The molecule has 0 saturated heterocycles. The Hall–Kier alpha value is -4.24. The highest BCUT2D eigenvalue weighted by Gasteiger charge is 2.42. The summed E-state index contributed by atoms with van der Waals surface area (Å²) in [6.07, 6.45) is 3.59. The van der Waals surface area contributed by atoms with Crippen molar-refractivity contribution < 1.29 is 0 Å². The van der Waals surface area contributed by atoms with Gasteiger partial charge in [0.25, 0.3) is 6.71 Å². The molecular formula is C35H31BN2. The van der Waals surface area contributed by atoms with Crippen molar-refractivity contribution >= 4 is 57.2 Å². The van der Waals surface area contributed by atoms with Gasteiger partial charge in [0, 0.05) is 34.1 Å². The average Bonchev–Trinajstić information content (AvgIpc) is 2.96. The molecule has 2 nitrogen and oxygen atoms in total. The second kappa shape index (κ2) is 9.26. The van der Waals surface area contributed by atoms with Gasteiger partial charge in [-0.05, 0) is 95.8 Å². The summed E-state index contributed by atoms with van der Waals surface area (Å²) >= 11 is 0. The number of para-hydroxylation sites is 3. The van der Waals surface area contributed by atoms with Crippen molar-refractivity contribution in [2.24, 2.45) is 0 Å². The van der Waals surface area contributed by atoms with Crippen LogP contribution in [0.5, 0.6) is 0 Å². The summed E-state index contributed by atoms with van der Waals surface area (Å²) in [6, 6.07) is 42.7. The second-order valence-electron chi connectivity index (χ2n) is 10.5. The van der Waals surface area contributed by atoms with Crippen LogP contribution in [0.2, 0.25) is 0 Å². The molecule has 2 aliphatic rings. The van der Waals surface area contributed by atoms with Gasteiger partial charge < -0.3 is 9.80 Å². The van der Waals surface area contributed by atoms with E-state index in [4.69, 9.17) is 0 Å². The van der Waals surface area contributed by atoms with E-state index in [1.165, 1.54) is 74.5 Å². The minimum Gasteiger partial charge on any atom is -0.311 e. The fraction of sp³-hybridized carbons (Fsp3) is 0.143. The lowest BCUT2D eigenvalue weighted by molar-refractivity contribution is 0.795. The molecule has 0 aliphatic carbocycles. The summed E-state index contributed by atoms with van der Waals surface area (Å²) in [6.45, 7) is 4.67. The second-order valence-corrected chi connectivity index (χ2v) is 10.5. The van der Waals surface area contributed by atoms with Gasteiger partial charge in [-0.2, -0.15) is 0 Å². The zero-order valence-electron chi connectivity index (χ0n) is 22.1. The first kappa shape index (κ1) is 22.9. The molecule has 0 spiro atoms. The van der Waals surface area contributed by atoms with Crippen molar-refractivity contribution in [2.45, 2.75) is 33.1 Å². The van der Waals surface area contributed by atoms with Gasteiger partial charge in [0.1, 0.15) is 0 Å². The molecule has 3 heteroatoms. The van der Waals surface area contributed by atoms with Crippen LogP contribution in [0.1, 0.15) is 30.9 Å². The van der Waals surface area contributed by atoms with Crippen molar-refractivity contribution in [3.8, 4) is 0 Å². The van der Waals surface area contributed by atoms with Gasteiger partial charge in [0.15, 0.2) is 0 Å². The normalized spacial score (nSPS) is 13.2. The van der Waals surface area contributed by atoms with Gasteiger partial charge >= 0.3 is 0 Å². The van der Waals surface area contributed by atoms with E-state index in [-0.39, 0.29) is 6.71 Å². The maximum absolute atomic E-state index is 2.48. The topological polar surface area (TPSA) is 6.48 Å². The highest BCUT2D eigenvalue weighted by Crippen LogP contribution is 2.44. The van der Waals surface area contributed by atoms with Crippen LogP contribution in [-0.2, 0) is 6.42 Å². The van der Waals surface area contributed by atoms with Crippen LogP contribution in [0.15, 0.2) is 115 Å². The molecule has 0 fully saturated rings. The SMILES string of the molecule is CCCCc1ccc(N2c3ccccc3B3c4ccccc4N(c4ccccc4)c4cc(C)cc2c43)cc1. The molecular weight excluding hydrogens is 459 g/mol. The van der Waals surface area contributed by atoms with Crippen LogP contribution in [0.3, 0.4) is 0 Å². The first-order chi connectivity index (χ1) is 18.7. The molecule has 38 heavy (non-hydrogen) atoms. The smallest absolute Gasteiger partial charge is 0.252 e. The molecule has 7 rings (SSSR count). The number of hydrogen-bond acceptors (Lipinski definition) is 2. The lowest BCUT2D eigenvalue weighted by Gasteiger charge is -2.44. The molecule has 0 bridgehead atoms. The van der Waals surface area contributed by atoms with E-state index in [1.807, 2.05) is 0 Å². The number of nitrogens with zero attached hydrogens (tertiary/aromatic N) is 2. The average molecular weight is 490 g/mol. The Morgan fingerprint density at radius 3 is 1.68 bits per heavy atom. The number of anilines is 6. The van der Waals surface area contributed by atoms with E-state index >= 15 is 0 Å². The van der Waals surface area contributed by atoms with E-state index in [9.17, 15) is 0 Å². The monoisotopic (exact) mass is 490 g/mol. The minimum absolute atomic E-state index is 0.188. The number of rotatable bonds is 5. The third-order valence-electron chi connectivity index (χ3n) is 8.06. The number of fused-ring (bicyclic) bond motifs is 4. The number of hydrogen-bond donors (Lipinski definition) is 0. The summed E-state index contributed by atoms with van der Waals surface area (Å²) in [5.74, 6) is 0. The Labute approximate surface area is 226 Å². The fourth-order valence-corrected chi connectivity index (χ4v) is 6.36. The van der Waals surface area contributed by atoms with Crippen molar-refractivity contribution in [1.29, 1.82) is 0 Å². The molecule has 0 atom stereocenters. The van der Waals surface area contributed by atoms with Crippen LogP contribution in [0.4, 0.5) is 34.1 Å². The first-order valence-corrected chi connectivity index (χ1v) is 13.8. The van der Waals surface area contributed by atoms with Crippen LogP contribution in [-0.4, -0.2) is 6.71 Å². The van der Waals surface area contributed by atoms with Crippen molar-refractivity contribution in [2.75, 3.05) is 9.80 Å². The van der Waals surface area contributed by atoms with Crippen molar-refractivity contribution in [3.05, 3.63) is 126 Å². The Morgan fingerprint density at radius 2 is 1.11 bits per heavy atom. The first-order valence-electron chi connectivity index (χ1n) is 13.8. The molecule has 0 amide bonds. The summed E-state index contributed by atoms with van der Waals surface area (Å²) < 4.78 is 0. The van der Waals surface area contributed by atoms with Crippen molar-refractivity contribution in [3.63, 3.8) is 0 Å². The highest BCUT2D eigenvalue weighted by molar-refractivity contribution is 7.00. The largest absolute Gasteiger partial charge is 0.311 e. The summed E-state index contributed by atoms with van der Waals surface area (Å²) in [4.78, 5) is 4.94. The maximum Gasteiger partial charge on any atom is 0.252 e. The van der Waals surface area contributed by atoms with Gasteiger partial charge in [0.05, 0.1) is 0 Å². The zero-order valence-corrected chi connectivity index (χ0v) is 22.1. The Morgan fingerprint density at radius 1 is 0.579 bits per heavy atom. The molecule has 0 aromatic heterocycles. The van der Waals surface area contributed by atoms with E-state index in [0.29, 0.717) is 0 Å². The number of unbranched alkanes of at least 4 members (excludes halogenated alkanes) is 1. The van der Waals surface area contributed by atoms with Crippen LogP contribution >= 0.6 is 0 Å². The molecule has 0 unspecified atom stereocenters. The van der Waals surface area contributed by atoms with Gasteiger partial charge in [-0.1, -0.05) is 80.1 Å². The zero-order chi connectivity index (χ0) is 25.6. The Bertz CT molecular complexity index is 1620. The van der Waals surface area contributed by atoms with Gasteiger partial charge in [0.2, 0.25) is 0 Å². The lowest BCUT2D eigenvalue weighted by Crippen LogP contribution is -2.61. The number of aryl methyl sites for hydroxylation is 2. The Kier molecular flexibility index (Phi) is 5.58. The van der Waals surface area contributed by atoms with Crippen molar-refractivity contribution in [1.82, 2.24) is 0 Å². The van der Waals surface area contributed by atoms with E-state index in [1.54, 1.807) is 0 Å².